The lowest BCUT2D eigenvalue weighted by Gasteiger charge is -2.12. The first kappa shape index (κ1) is 9.46. The quantitative estimate of drug-likeness (QED) is 0.819. The molecule has 1 saturated heterocycles. The molecule has 0 unspecified atom stereocenters. The van der Waals surface area contributed by atoms with Crippen LogP contribution in [0.1, 0.15) is 11.3 Å². The van der Waals surface area contributed by atoms with Crippen LogP contribution in [0.5, 0.6) is 0 Å². The van der Waals surface area contributed by atoms with Gasteiger partial charge in [0, 0.05) is 24.5 Å². The van der Waals surface area contributed by atoms with Crippen molar-refractivity contribution in [1.29, 1.82) is 0 Å². The molecular formula is C9H12ClNOS. The van der Waals surface area contributed by atoms with Crippen LogP contribution in [0.25, 0.3) is 0 Å². The van der Waals surface area contributed by atoms with Gasteiger partial charge in [0.2, 0.25) is 0 Å². The Kier molecular flexibility index (Phi) is 2.89. The third-order valence-corrected chi connectivity index (χ3v) is 3.47. The standard InChI is InChI=1S/C9H12ClNOS/c10-9-2-1-8(13-9)6-11-4-3-7(12)5-11/h1-2,7,12H,3-6H2/t7-/m0/s1. The van der Waals surface area contributed by atoms with Gasteiger partial charge in [0.05, 0.1) is 10.4 Å². The van der Waals surface area contributed by atoms with Crippen molar-refractivity contribution in [3.05, 3.63) is 21.3 Å². The summed E-state index contributed by atoms with van der Waals surface area (Å²) in [5.41, 5.74) is 0. The van der Waals surface area contributed by atoms with E-state index in [0.29, 0.717) is 0 Å². The second-order valence-electron chi connectivity index (χ2n) is 3.38. The fourth-order valence-electron chi connectivity index (χ4n) is 1.61. The molecule has 0 saturated carbocycles. The molecule has 1 aromatic heterocycles. The fraction of sp³-hybridized carbons (Fsp3) is 0.556. The van der Waals surface area contributed by atoms with Gasteiger partial charge < -0.3 is 5.11 Å². The van der Waals surface area contributed by atoms with Crippen molar-refractivity contribution in [1.82, 2.24) is 4.90 Å². The molecule has 72 valence electrons. The Morgan fingerprint density at radius 3 is 3.00 bits per heavy atom. The molecule has 0 radical (unpaired) electrons. The van der Waals surface area contributed by atoms with E-state index in [1.54, 1.807) is 11.3 Å². The minimum absolute atomic E-state index is 0.129. The number of rotatable bonds is 2. The van der Waals surface area contributed by atoms with Crippen LogP contribution in [0.4, 0.5) is 0 Å². The molecule has 2 nitrogen and oxygen atoms in total. The molecule has 1 atom stereocenters. The third kappa shape index (κ3) is 2.44. The van der Waals surface area contributed by atoms with Crippen LogP contribution in [0, 0.1) is 0 Å². The first-order chi connectivity index (χ1) is 6.24. The molecule has 0 aromatic carbocycles. The summed E-state index contributed by atoms with van der Waals surface area (Å²) in [5, 5.41) is 9.32. The average molecular weight is 218 g/mol. The summed E-state index contributed by atoms with van der Waals surface area (Å²) in [7, 11) is 0. The maximum atomic E-state index is 9.32. The van der Waals surface area contributed by atoms with Crippen molar-refractivity contribution in [3.63, 3.8) is 0 Å². The van der Waals surface area contributed by atoms with E-state index in [2.05, 4.69) is 11.0 Å². The van der Waals surface area contributed by atoms with E-state index in [9.17, 15) is 5.11 Å². The second kappa shape index (κ2) is 3.96. The predicted octanol–water partition coefficient (Wildman–Crippen LogP) is 1.97. The molecule has 0 amide bonds. The summed E-state index contributed by atoms with van der Waals surface area (Å²) in [6.07, 6.45) is 0.773. The SMILES string of the molecule is O[C@H]1CCN(Cc2ccc(Cl)s2)C1. The van der Waals surface area contributed by atoms with Crippen LogP contribution in [-0.4, -0.2) is 29.2 Å². The molecule has 1 fully saturated rings. The zero-order chi connectivity index (χ0) is 9.26. The number of aliphatic hydroxyl groups excluding tert-OH is 1. The van der Waals surface area contributed by atoms with E-state index in [1.165, 1.54) is 4.88 Å². The van der Waals surface area contributed by atoms with Gasteiger partial charge in [0.1, 0.15) is 0 Å². The zero-order valence-corrected chi connectivity index (χ0v) is 8.81. The van der Waals surface area contributed by atoms with Crippen LogP contribution in [0.3, 0.4) is 0 Å². The summed E-state index contributed by atoms with van der Waals surface area (Å²) in [4.78, 5) is 3.53. The third-order valence-electron chi connectivity index (χ3n) is 2.26. The predicted molar refractivity (Wildman–Crippen MR) is 55.2 cm³/mol. The van der Waals surface area contributed by atoms with Crippen molar-refractivity contribution in [2.24, 2.45) is 0 Å². The van der Waals surface area contributed by atoms with Crippen LogP contribution in [0.15, 0.2) is 12.1 Å². The van der Waals surface area contributed by atoms with Crippen molar-refractivity contribution < 1.29 is 5.11 Å². The average Bonchev–Trinajstić information content (AvgIpc) is 2.62. The smallest absolute Gasteiger partial charge is 0.0931 e. The van der Waals surface area contributed by atoms with Crippen molar-refractivity contribution in [2.75, 3.05) is 13.1 Å². The van der Waals surface area contributed by atoms with Gasteiger partial charge in [-0.15, -0.1) is 11.3 Å². The molecule has 4 heteroatoms. The van der Waals surface area contributed by atoms with Gasteiger partial charge in [-0.1, -0.05) is 11.6 Å². The van der Waals surface area contributed by atoms with Crippen molar-refractivity contribution >= 4 is 22.9 Å². The summed E-state index contributed by atoms with van der Waals surface area (Å²) < 4.78 is 0.842. The first-order valence-corrected chi connectivity index (χ1v) is 5.58. The number of β-amino-alcohol motifs (C(OH)–C–C–N with tert-alkyl or cyclic N) is 1. The van der Waals surface area contributed by atoms with E-state index in [-0.39, 0.29) is 6.10 Å². The molecule has 2 heterocycles. The first-order valence-electron chi connectivity index (χ1n) is 4.38. The number of aliphatic hydroxyl groups is 1. The molecule has 0 spiro atoms. The van der Waals surface area contributed by atoms with Crippen LogP contribution in [-0.2, 0) is 6.54 Å². The number of nitrogens with zero attached hydrogens (tertiary/aromatic N) is 1. The lowest BCUT2D eigenvalue weighted by atomic mass is 10.3. The van der Waals surface area contributed by atoms with Gasteiger partial charge in [0.25, 0.3) is 0 Å². The van der Waals surface area contributed by atoms with E-state index in [0.717, 1.165) is 30.4 Å². The molecule has 0 aliphatic carbocycles. The highest BCUT2D eigenvalue weighted by Gasteiger charge is 2.20. The van der Waals surface area contributed by atoms with Gasteiger partial charge in [-0.3, -0.25) is 4.90 Å². The highest BCUT2D eigenvalue weighted by Crippen LogP contribution is 2.23. The minimum atomic E-state index is -0.129. The van der Waals surface area contributed by atoms with E-state index >= 15 is 0 Å². The second-order valence-corrected chi connectivity index (χ2v) is 5.18. The Bertz CT molecular complexity index is 289. The normalized spacial score (nSPS) is 24.0. The summed E-state index contributed by atoms with van der Waals surface area (Å²) in [5.74, 6) is 0. The molecular weight excluding hydrogens is 206 g/mol. The van der Waals surface area contributed by atoms with Crippen LogP contribution < -0.4 is 0 Å². The molecule has 1 aliphatic rings. The topological polar surface area (TPSA) is 23.5 Å². The van der Waals surface area contributed by atoms with Gasteiger partial charge >= 0.3 is 0 Å². The number of hydrogen-bond acceptors (Lipinski definition) is 3. The largest absolute Gasteiger partial charge is 0.392 e. The lowest BCUT2D eigenvalue weighted by molar-refractivity contribution is 0.175. The van der Waals surface area contributed by atoms with E-state index < -0.39 is 0 Å². The Morgan fingerprint density at radius 1 is 1.62 bits per heavy atom. The molecule has 1 aliphatic heterocycles. The van der Waals surface area contributed by atoms with E-state index in [1.807, 2.05) is 6.07 Å². The maximum absolute atomic E-state index is 9.32. The minimum Gasteiger partial charge on any atom is -0.392 e. The van der Waals surface area contributed by atoms with Crippen molar-refractivity contribution in [3.8, 4) is 0 Å². The molecule has 13 heavy (non-hydrogen) atoms. The summed E-state index contributed by atoms with van der Waals surface area (Å²) >= 11 is 7.44. The Morgan fingerprint density at radius 2 is 2.46 bits per heavy atom. The number of likely N-dealkylation sites (tertiary alicyclic amines) is 1. The lowest BCUT2D eigenvalue weighted by Crippen LogP contribution is -2.20. The monoisotopic (exact) mass is 217 g/mol. The number of thiophene rings is 1. The zero-order valence-electron chi connectivity index (χ0n) is 7.24. The fourth-order valence-corrected chi connectivity index (χ4v) is 2.74. The molecule has 1 N–H and O–H groups in total. The maximum Gasteiger partial charge on any atom is 0.0931 e. The highest BCUT2D eigenvalue weighted by atomic mass is 35.5. The van der Waals surface area contributed by atoms with Gasteiger partial charge in [-0.05, 0) is 18.6 Å². The van der Waals surface area contributed by atoms with Gasteiger partial charge in [0.15, 0.2) is 0 Å². The van der Waals surface area contributed by atoms with Gasteiger partial charge in [-0.25, -0.2) is 0 Å². The Labute approximate surface area is 86.7 Å². The molecule has 2 rings (SSSR count). The van der Waals surface area contributed by atoms with Gasteiger partial charge in [-0.2, -0.15) is 0 Å². The Balaban J connectivity index is 1.91. The summed E-state index contributed by atoms with van der Waals surface area (Å²) in [6, 6.07) is 3.98. The van der Waals surface area contributed by atoms with E-state index in [4.69, 9.17) is 11.6 Å². The number of hydrogen-bond donors (Lipinski definition) is 1. The van der Waals surface area contributed by atoms with Crippen molar-refractivity contribution in [2.45, 2.75) is 19.1 Å². The van der Waals surface area contributed by atoms with Crippen LogP contribution >= 0.6 is 22.9 Å². The molecule has 0 bridgehead atoms. The molecule has 1 aromatic rings. The Hall–Kier alpha value is -0.0900. The van der Waals surface area contributed by atoms with Crippen LogP contribution in [0.2, 0.25) is 4.34 Å². The summed E-state index contributed by atoms with van der Waals surface area (Å²) in [6.45, 7) is 2.72. The number of halogens is 1. The highest BCUT2D eigenvalue weighted by molar-refractivity contribution is 7.16.